The Morgan fingerprint density at radius 3 is 2.11 bits per heavy atom. The molecule has 1 aliphatic rings. The molecule has 0 radical (unpaired) electrons. The second kappa shape index (κ2) is 8.60. The summed E-state index contributed by atoms with van der Waals surface area (Å²) in [5.74, 6) is -1.50. The fraction of sp³-hybridized carbons (Fsp3) is 0.533. The molecule has 2 aromatic rings. The molecule has 27 heavy (non-hydrogen) atoms. The van der Waals surface area contributed by atoms with Gasteiger partial charge in [-0.3, -0.25) is 0 Å². The van der Waals surface area contributed by atoms with Gasteiger partial charge in [0.1, 0.15) is 11.3 Å². The zero-order chi connectivity index (χ0) is 20.1. The van der Waals surface area contributed by atoms with Crippen LogP contribution in [0.5, 0.6) is 0 Å². The number of aliphatic hydroxyl groups excluding tert-OH is 2. The number of nitrogens with two attached hydrogens (primary N) is 1. The zero-order valence-electron chi connectivity index (χ0n) is 14.7. The van der Waals surface area contributed by atoms with Crippen LogP contribution in [0.15, 0.2) is 0 Å². The number of anilines is 2. The van der Waals surface area contributed by atoms with Crippen LogP contribution in [0.4, 0.5) is 11.8 Å². The standard InChI is InChI=1S/C11H16N6.C4H6O6/c1-7-13-8-9(14-7)15-11(12)16-10(8)17-5-3-2-4-6-17;5-1(3(7)8)2(6)4(9)10/h2-6H2,1H3,(H3,12,13,14,15,16);1-2,5-6H,(H,7,8)(H,9,10). The van der Waals surface area contributed by atoms with Crippen LogP contribution in [0.2, 0.25) is 0 Å². The molecule has 0 saturated carbocycles. The number of piperidine rings is 1. The van der Waals surface area contributed by atoms with E-state index in [2.05, 4.69) is 24.8 Å². The molecule has 0 spiro atoms. The van der Waals surface area contributed by atoms with Crippen LogP contribution in [0.1, 0.15) is 25.1 Å². The average molecular weight is 382 g/mol. The first-order valence-corrected chi connectivity index (χ1v) is 8.27. The van der Waals surface area contributed by atoms with Crippen molar-refractivity contribution in [1.29, 1.82) is 0 Å². The third-order valence-electron chi connectivity index (χ3n) is 3.93. The maximum atomic E-state index is 9.77. The molecular formula is C15H22N6O6. The molecular weight excluding hydrogens is 360 g/mol. The summed E-state index contributed by atoms with van der Waals surface area (Å²) in [5, 5.41) is 32.5. The summed E-state index contributed by atoms with van der Waals surface area (Å²) in [5.41, 5.74) is 7.30. The topological polar surface area (TPSA) is 199 Å². The molecule has 3 heterocycles. The van der Waals surface area contributed by atoms with Crippen molar-refractivity contribution in [3.05, 3.63) is 5.82 Å². The minimum Gasteiger partial charge on any atom is -0.479 e. The largest absolute Gasteiger partial charge is 0.479 e. The van der Waals surface area contributed by atoms with E-state index in [0.29, 0.717) is 11.6 Å². The Morgan fingerprint density at radius 2 is 1.59 bits per heavy atom. The van der Waals surface area contributed by atoms with Gasteiger partial charge in [0.05, 0.1) is 0 Å². The summed E-state index contributed by atoms with van der Waals surface area (Å²) >= 11 is 0. The number of imidazole rings is 1. The van der Waals surface area contributed by atoms with Crippen molar-refractivity contribution < 1.29 is 30.0 Å². The lowest BCUT2D eigenvalue weighted by molar-refractivity contribution is -0.165. The highest BCUT2D eigenvalue weighted by Gasteiger charge is 2.29. The maximum Gasteiger partial charge on any atom is 0.335 e. The number of carbonyl (C=O) groups is 2. The van der Waals surface area contributed by atoms with Gasteiger partial charge in [-0.1, -0.05) is 0 Å². The van der Waals surface area contributed by atoms with Crippen LogP contribution < -0.4 is 10.6 Å². The number of carboxylic acid groups (broad SMARTS) is 2. The van der Waals surface area contributed by atoms with Gasteiger partial charge in [-0.25, -0.2) is 14.6 Å². The monoisotopic (exact) mass is 382 g/mol. The van der Waals surface area contributed by atoms with Crippen LogP contribution >= 0.6 is 0 Å². The number of aliphatic hydroxyl groups is 2. The molecule has 2 unspecified atom stereocenters. The predicted molar refractivity (Wildman–Crippen MR) is 94.2 cm³/mol. The van der Waals surface area contributed by atoms with Gasteiger partial charge in [0.15, 0.2) is 23.7 Å². The Morgan fingerprint density at radius 1 is 1.04 bits per heavy atom. The van der Waals surface area contributed by atoms with Gasteiger partial charge in [-0.15, -0.1) is 0 Å². The molecule has 0 aromatic carbocycles. The second-order valence-electron chi connectivity index (χ2n) is 6.04. The second-order valence-corrected chi connectivity index (χ2v) is 6.04. The van der Waals surface area contributed by atoms with E-state index in [1.807, 2.05) is 6.92 Å². The smallest absolute Gasteiger partial charge is 0.335 e. The van der Waals surface area contributed by atoms with Crippen molar-refractivity contribution in [2.45, 2.75) is 38.4 Å². The van der Waals surface area contributed by atoms with Gasteiger partial charge >= 0.3 is 11.9 Å². The van der Waals surface area contributed by atoms with E-state index in [4.69, 9.17) is 26.2 Å². The number of nitrogens with one attached hydrogen (secondary N) is 1. The van der Waals surface area contributed by atoms with Gasteiger partial charge < -0.3 is 36.0 Å². The van der Waals surface area contributed by atoms with Crippen LogP contribution in [-0.2, 0) is 9.59 Å². The number of hydrogen-bond donors (Lipinski definition) is 6. The highest BCUT2D eigenvalue weighted by molar-refractivity contribution is 5.84. The van der Waals surface area contributed by atoms with Crippen LogP contribution in [0.3, 0.4) is 0 Å². The number of hydrogen-bond acceptors (Lipinski definition) is 9. The summed E-state index contributed by atoms with van der Waals surface area (Å²) in [6.45, 7) is 3.98. The molecule has 2 atom stereocenters. The number of rotatable bonds is 4. The molecule has 0 bridgehead atoms. The fourth-order valence-corrected chi connectivity index (χ4v) is 2.62. The average Bonchev–Trinajstić information content (AvgIpc) is 3.00. The molecule has 0 aliphatic carbocycles. The SMILES string of the molecule is Cc1nc2nc(N)nc(N3CCCCC3)c2[nH]1.O=C(O)C(O)C(O)C(=O)O. The summed E-state index contributed by atoms with van der Waals surface area (Å²) < 4.78 is 0. The van der Waals surface area contributed by atoms with Crippen LogP contribution in [0.25, 0.3) is 11.2 Å². The summed E-state index contributed by atoms with van der Waals surface area (Å²) in [7, 11) is 0. The lowest BCUT2D eigenvalue weighted by Gasteiger charge is -2.27. The summed E-state index contributed by atoms with van der Waals surface area (Å²) in [6.07, 6.45) is -0.825. The molecule has 2 aromatic heterocycles. The molecule has 12 nitrogen and oxygen atoms in total. The van der Waals surface area contributed by atoms with Crippen LogP contribution in [0, 0.1) is 6.92 Å². The van der Waals surface area contributed by atoms with Crippen molar-refractivity contribution >= 4 is 34.9 Å². The number of nitrogen functional groups attached to an aromatic ring is 1. The normalized spacial score (nSPS) is 16.3. The molecule has 0 amide bonds. The van der Waals surface area contributed by atoms with Gasteiger partial charge in [0.25, 0.3) is 0 Å². The number of aryl methyl sites for hydroxylation is 1. The number of fused-ring (bicyclic) bond motifs is 1. The Labute approximate surface area is 153 Å². The first kappa shape index (κ1) is 20.3. The number of aromatic nitrogens is 4. The van der Waals surface area contributed by atoms with E-state index in [1.165, 1.54) is 19.3 Å². The van der Waals surface area contributed by atoms with Crippen LogP contribution in [-0.4, -0.2) is 77.6 Å². The van der Waals surface area contributed by atoms with Gasteiger partial charge in [0, 0.05) is 13.1 Å². The number of carboxylic acids is 2. The maximum absolute atomic E-state index is 9.77. The third-order valence-corrected chi connectivity index (χ3v) is 3.93. The molecule has 1 aliphatic heterocycles. The van der Waals surface area contributed by atoms with E-state index in [0.717, 1.165) is 30.2 Å². The van der Waals surface area contributed by atoms with Crippen molar-refractivity contribution in [2.24, 2.45) is 0 Å². The first-order valence-electron chi connectivity index (χ1n) is 8.27. The van der Waals surface area contributed by atoms with Crippen molar-refractivity contribution in [3.63, 3.8) is 0 Å². The van der Waals surface area contributed by atoms with Crippen molar-refractivity contribution in [2.75, 3.05) is 23.7 Å². The minimum absolute atomic E-state index is 0.296. The highest BCUT2D eigenvalue weighted by Crippen LogP contribution is 2.25. The number of aliphatic carboxylic acids is 2. The van der Waals surface area contributed by atoms with Crippen molar-refractivity contribution in [1.82, 2.24) is 19.9 Å². The first-order chi connectivity index (χ1) is 12.7. The summed E-state index contributed by atoms with van der Waals surface area (Å²) in [4.78, 5) is 37.9. The van der Waals surface area contributed by atoms with Gasteiger partial charge in [-0.2, -0.15) is 9.97 Å². The molecule has 148 valence electrons. The number of H-pyrrole nitrogens is 1. The van der Waals surface area contributed by atoms with Gasteiger partial charge in [0.2, 0.25) is 5.95 Å². The number of nitrogens with zero attached hydrogens (tertiary/aromatic N) is 4. The number of aromatic amines is 1. The van der Waals surface area contributed by atoms with Gasteiger partial charge in [-0.05, 0) is 26.2 Å². The summed E-state index contributed by atoms with van der Waals surface area (Å²) in [6, 6.07) is 0. The fourth-order valence-electron chi connectivity index (χ4n) is 2.62. The Bertz CT molecular complexity index is 800. The van der Waals surface area contributed by atoms with E-state index in [9.17, 15) is 9.59 Å². The quantitative estimate of drug-likeness (QED) is 0.383. The molecule has 7 N–H and O–H groups in total. The lowest BCUT2D eigenvalue weighted by Crippen LogP contribution is -2.39. The van der Waals surface area contributed by atoms with E-state index >= 15 is 0 Å². The lowest BCUT2D eigenvalue weighted by atomic mass is 10.1. The Hall–Kier alpha value is -2.99. The molecule has 3 rings (SSSR count). The minimum atomic E-state index is -2.27. The Balaban J connectivity index is 0.000000227. The van der Waals surface area contributed by atoms with E-state index in [-0.39, 0.29) is 0 Å². The third kappa shape index (κ3) is 5.01. The molecule has 1 saturated heterocycles. The zero-order valence-corrected chi connectivity index (χ0v) is 14.7. The van der Waals surface area contributed by atoms with Crippen molar-refractivity contribution in [3.8, 4) is 0 Å². The highest BCUT2D eigenvalue weighted by atomic mass is 16.4. The van der Waals surface area contributed by atoms with E-state index < -0.39 is 24.1 Å². The molecule has 1 fully saturated rings. The predicted octanol–water partition coefficient (Wildman–Crippen LogP) is -0.889. The molecule has 12 heteroatoms. The Kier molecular flexibility index (Phi) is 6.47. The van der Waals surface area contributed by atoms with E-state index in [1.54, 1.807) is 0 Å².